The average molecular weight is 278 g/mol. The molecule has 0 unspecified atom stereocenters. The van der Waals surface area contributed by atoms with Crippen molar-refractivity contribution in [3.8, 4) is 11.5 Å². The summed E-state index contributed by atoms with van der Waals surface area (Å²) in [6.45, 7) is 0. The SMILES string of the molecule is COc1ccc(O)c(C=Nc2cccc3ncccc23)c1. The van der Waals surface area contributed by atoms with Gasteiger partial charge in [0.2, 0.25) is 0 Å². The van der Waals surface area contributed by atoms with Crippen LogP contribution in [0.5, 0.6) is 11.5 Å². The number of pyridine rings is 1. The Morgan fingerprint density at radius 1 is 1.14 bits per heavy atom. The average Bonchev–Trinajstić information content (AvgIpc) is 2.54. The second-order valence-electron chi connectivity index (χ2n) is 4.53. The van der Waals surface area contributed by atoms with Crippen molar-refractivity contribution in [1.82, 2.24) is 4.98 Å². The van der Waals surface area contributed by atoms with Crippen LogP contribution in [0.3, 0.4) is 0 Å². The number of hydrogen-bond donors (Lipinski definition) is 1. The molecule has 1 heterocycles. The quantitative estimate of drug-likeness (QED) is 0.743. The lowest BCUT2D eigenvalue weighted by Gasteiger charge is -2.04. The van der Waals surface area contributed by atoms with E-state index in [2.05, 4.69) is 9.98 Å². The molecule has 3 rings (SSSR count). The molecule has 4 nitrogen and oxygen atoms in total. The topological polar surface area (TPSA) is 54.7 Å². The van der Waals surface area contributed by atoms with E-state index in [4.69, 9.17) is 4.74 Å². The van der Waals surface area contributed by atoms with Crippen molar-refractivity contribution in [3.63, 3.8) is 0 Å². The third kappa shape index (κ3) is 2.69. The van der Waals surface area contributed by atoms with E-state index in [0.29, 0.717) is 11.3 Å². The van der Waals surface area contributed by atoms with E-state index in [9.17, 15) is 5.11 Å². The molecule has 21 heavy (non-hydrogen) atoms. The number of aliphatic imine (C=N–C) groups is 1. The molecule has 4 heteroatoms. The Balaban J connectivity index is 2.02. The van der Waals surface area contributed by atoms with Crippen molar-refractivity contribution in [3.05, 3.63) is 60.3 Å². The monoisotopic (exact) mass is 278 g/mol. The normalized spacial score (nSPS) is 11.1. The zero-order chi connectivity index (χ0) is 14.7. The molecule has 0 fully saturated rings. The van der Waals surface area contributed by atoms with Gasteiger partial charge in [-0.15, -0.1) is 0 Å². The first-order valence-electron chi connectivity index (χ1n) is 6.53. The number of benzene rings is 2. The Bertz CT molecular complexity index is 807. The van der Waals surface area contributed by atoms with Gasteiger partial charge in [0.1, 0.15) is 11.5 Å². The summed E-state index contributed by atoms with van der Waals surface area (Å²) < 4.78 is 5.15. The van der Waals surface area contributed by atoms with Gasteiger partial charge >= 0.3 is 0 Å². The molecule has 0 bridgehead atoms. The molecule has 0 saturated heterocycles. The van der Waals surface area contributed by atoms with Gasteiger partial charge in [-0.05, 0) is 42.5 Å². The van der Waals surface area contributed by atoms with Crippen molar-refractivity contribution in [1.29, 1.82) is 0 Å². The molecule has 2 aromatic carbocycles. The van der Waals surface area contributed by atoms with Crippen LogP contribution < -0.4 is 4.74 Å². The molecule has 0 aliphatic rings. The second-order valence-corrected chi connectivity index (χ2v) is 4.53. The number of methoxy groups -OCH3 is 1. The number of aromatic hydroxyl groups is 1. The summed E-state index contributed by atoms with van der Waals surface area (Å²) in [7, 11) is 1.59. The van der Waals surface area contributed by atoms with Crippen LogP contribution >= 0.6 is 0 Å². The summed E-state index contributed by atoms with van der Waals surface area (Å²) in [5, 5.41) is 10.8. The minimum atomic E-state index is 0.165. The van der Waals surface area contributed by atoms with E-state index in [1.807, 2.05) is 30.3 Å². The minimum Gasteiger partial charge on any atom is -0.507 e. The lowest BCUT2D eigenvalue weighted by Crippen LogP contribution is -1.87. The number of nitrogens with zero attached hydrogens (tertiary/aromatic N) is 2. The standard InChI is InChI=1S/C17H14N2O2/c1-21-13-7-8-17(20)12(10-13)11-19-16-6-2-5-15-14(16)4-3-9-18-15/h2-11,20H,1H3. The molecule has 0 amide bonds. The number of phenols is 1. The van der Waals surface area contributed by atoms with E-state index >= 15 is 0 Å². The van der Waals surface area contributed by atoms with Crippen LogP contribution in [0.2, 0.25) is 0 Å². The molecule has 0 aliphatic heterocycles. The predicted octanol–water partition coefficient (Wildman–Crippen LogP) is 3.70. The Hall–Kier alpha value is -2.88. The Morgan fingerprint density at radius 3 is 2.90 bits per heavy atom. The van der Waals surface area contributed by atoms with Gasteiger partial charge in [0, 0.05) is 23.4 Å². The maximum Gasteiger partial charge on any atom is 0.124 e. The fraction of sp³-hybridized carbons (Fsp3) is 0.0588. The van der Waals surface area contributed by atoms with Gasteiger partial charge in [0.05, 0.1) is 18.3 Å². The number of aromatic nitrogens is 1. The van der Waals surface area contributed by atoms with Gasteiger partial charge in [-0.3, -0.25) is 9.98 Å². The zero-order valence-corrected chi connectivity index (χ0v) is 11.5. The molecule has 1 N–H and O–H groups in total. The zero-order valence-electron chi connectivity index (χ0n) is 11.5. The van der Waals surface area contributed by atoms with E-state index in [1.165, 1.54) is 0 Å². The van der Waals surface area contributed by atoms with Crippen molar-refractivity contribution in [2.45, 2.75) is 0 Å². The van der Waals surface area contributed by atoms with Crippen molar-refractivity contribution < 1.29 is 9.84 Å². The largest absolute Gasteiger partial charge is 0.507 e. The van der Waals surface area contributed by atoms with E-state index in [0.717, 1.165) is 16.6 Å². The first-order chi connectivity index (χ1) is 10.3. The highest BCUT2D eigenvalue weighted by Gasteiger charge is 2.02. The van der Waals surface area contributed by atoms with Gasteiger partial charge in [0.15, 0.2) is 0 Å². The second kappa shape index (κ2) is 5.63. The summed E-state index contributed by atoms with van der Waals surface area (Å²) in [4.78, 5) is 8.76. The lowest BCUT2D eigenvalue weighted by atomic mass is 10.1. The van der Waals surface area contributed by atoms with Crippen LogP contribution in [0.15, 0.2) is 59.7 Å². The van der Waals surface area contributed by atoms with E-state index in [-0.39, 0.29) is 5.75 Å². The van der Waals surface area contributed by atoms with Crippen molar-refractivity contribution in [2.75, 3.05) is 7.11 Å². The third-order valence-electron chi connectivity index (χ3n) is 3.20. The first kappa shape index (κ1) is 13.1. The van der Waals surface area contributed by atoms with Crippen LogP contribution in [-0.2, 0) is 0 Å². The number of hydrogen-bond acceptors (Lipinski definition) is 4. The van der Waals surface area contributed by atoms with Crippen LogP contribution in [-0.4, -0.2) is 23.4 Å². The molecule has 104 valence electrons. The van der Waals surface area contributed by atoms with E-state index in [1.54, 1.807) is 37.7 Å². The van der Waals surface area contributed by atoms with Crippen LogP contribution in [0, 0.1) is 0 Å². The molecular formula is C17H14N2O2. The lowest BCUT2D eigenvalue weighted by molar-refractivity contribution is 0.412. The van der Waals surface area contributed by atoms with Crippen LogP contribution in [0.4, 0.5) is 5.69 Å². The number of ether oxygens (including phenoxy) is 1. The number of fused-ring (bicyclic) bond motifs is 1. The highest BCUT2D eigenvalue weighted by molar-refractivity contribution is 5.94. The van der Waals surface area contributed by atoms with Gasteiger partial charge in [-0.2, -0.15) is 0 Å². The number of rotatable bonds is 3. The Morgan fingerprint density at radius 2 is 2.05 bits per heavy atom. The molecule has 0 aliphatic carbocycles. The highest BCUT2D eigenvalue weighted by Crippen LogP contribution is 2.26. The van der Waals surface area contributed by atoms with Gasteiger partial charge in [-0.1, -0.05) is 6.07 Å². The first-order valence-corrected chi connectivity index (χ1v) is 6.53. The summed E-state index contributed by atoms with van der Waals surface area (Å²) in [5.74, 6) is 0.840. The maximum atomic E-state index is 9.86. The molecule has 0 atom stereocenters. The third-order valence-corrected chi connectivity index (χ3v) is 3.20. The van der Waals surface area contributed by atoms with Gasteiger partial charge < -0.3 is 9.84 Å². The van der Waals surface area contributed by atoms with Crippen LogP contribution in [0.25, 0.3) is 10.9 Å². The van der Waals surface area contributed by atoms with Gasteiger partial charge in [-0.25, -0.2) is 0 Å². The minimum absolute atomic E-state index is 0.165. The highest BCUT2D eigenvalue weighted by atomic mass is 16.5. The summed E-state index contributed by atoms with van der Waals surface area (Å²) in [6.07, 6.45) is 3.38. The molecule has 0 spiro atoms. The smallest absolute Gasteiger partial charge is 0.124 e. The number of phenolic OH excluding ortho intramolecular Hbond substituents is 1. The Labute approximate surface area is 122 Å². The molecule has 1 aromatic heterocycles. The van der Waals surface area contributed by atoms with Crippen molar-refractivity contribution >= 4 is 22.8 Å². The summed E-state index contributed by atoms with van der Waals surface area (Å²) in [5.41, 5.74) is 2.31. The van der Waals surface area contributed by atoms with Gasteiger partial charge in [0.25, 0.3) is 0 Å². The molecule has 3 aromatic rings. The van der Waals surface area contributed by atoms with Crippen molar-refractivity contribution in [2.24, 2.45) is 4.99 Å². The Kier molecular flexibility index (Phi) is 3.51. The summed E-state index contributed by atoms with van der Waals surface area (Å²) >= 11 is 0. The predicted molar refractivity (Wildman–Crippen MR) is 83.7 cm³/mol. The maximum absolute atomic E-state index is 9.86. The fourth-order valence-corrected chi connectivity index (χ4v) is 2.10. The fourth-order valence-electron chi connectivity index (χ4n) is 2.10. The summed E-state index contributed by atoms with van der Waals surface area (Å²) in [6, 6.07) is 14.6. The molecule has 0 radical (unpaired) electrons. The molecular weight excluding hydrogens is 264 g/mol. The molecule has 0 saturated carbocycles. The van der Waals surface area contributed by atoms with Crippen LogP contribution in [0.1, 0.15) is 5.56 Å². The van der Waals surface area contributed by atoms with E-state index < -0.39 is 0 Å².